The van der Waals surface area contributed by atoms with Crippen LogP contribution in [0.1, 0.15) is 27.2 Å². The zero-order valence-corrected chi connectivity index (χ0v) is 6.65. The molecule has 54 valence electrons. The first-order valence-electron chi connectivity index (χ1n) is 3.59. The van der Waals surface area contributed by atoms with E-state index >= 15 is 0 Å². The van der Waals surface area contributed by atoms with E-state index in [0.29, 0.717) is 5.92 Å². The van der Waals surface area contributed by atoms with Crippen molar-refractivity contribution in [1.82, 2.24) is 0 Å². The Labute approximate surface area is 57.9 Å². The molecule has 0 aliphatic rings. The molecule has 1 nitrogen and oxygen atoms in total. The highest BCUT2D eigenvalue weighted by molar-refractivity contribution is 5.01. The molecule has 0 radical (unpaired) electrons. The molecule has 0 heterocycles. The molecule has 0 fully saturated rings. The lowest BCUT2D eigenvalue weighted by molar-refractivity contribution is 0.602. The molecule has 1 unspecified atom stereocenters. The number of allylic oxidation sites excluding steroid dienone is 1. The highest BCUT2D eigenvalue weighted by atomic mass is 14.5. The quantitative estimate of drug-likeness (QED) is 0.576. The molecule has 0 spiro atoms. The molecule has 0 aromatic carbocycles. The Morgan fingerprint density at radius 2 is 2.22 bits per heavy atom. The minimum atomic E-state index is 0.606. The van der Waals surface area contributed by atoms with Crippen molar-refractivity contribution in [3.8, 4) is 0 Å². The van der Waals surface area contributed by atoms with Crippen LogP contribution in [-0.4, -0.2) is 6.54 Å². The topological polar surface area (TPSA) is 26.0 Å². The van der Waals surface area contributed by atoms with Crippen molar-refractivity contribution >= 4 is 0 Å². The van der Waals surface area contributed by atoms with Crippen LogP contribution in [0.2, 0.25) is 0 Å². The van der Waals surface area contributed by atoms with Gasteiger partial charge in [-0.25, -0.2) is 0 Å². The molecule has 9 heavy (non-hydrogen) atoms. The molecular formula is C8H17N. The minimum Gasteiger partial charge on any atom is -0.330 e. The highest BCUT2D eigenvalue weighted by Crippen LogP contribution is 2.11. The first kappa shape index (κ1) is 8.70. The Balaban J connectivity index is 3.79. The lowest BCUT2D eigenvalue weighted by atomic mass is 9.98. The largest absolute Gasteiger partial charge is 0.330 e. The van der Waals surface area contributed by atoms with Crippen LogP contribution in [0, 0.1) is 5.92 Å². The van der Waals surface area contributed by atoms with Crippen LogP contribution in [0.5, 0.6) is 0 Å². The zero-order chi connectivity index (χ0) is 7.28. The van der Waals surface area contributed by atoms with Crippen molar-refractivity contribution in [2.45, 2.75) is 27.2 Å². The fourth-order valence-corrected chi connectivity index (χ4v) is 0.910. The Morgan fingerprint density at radius 1 is 1.67 bits per heavy atom. The van der Waals surface area contributed by atoms with E-state index in [0.717, 1.165) is 13.0 Å². The monoisotopic (exact) mass is 127 g/mol. The van der Waals surface area contributed by atoms with Crippen LogP contribution in [0.25, 0.3) is 0 Å². The standard InChI is InChI=1S/C8H17N/c1-4-7(3)8(5-2)6-9/h4,8H,5-6,9H2,1-3H3. The van der Waals surface area contributed by atoms with Crippen LogP contribution in [-0.2, 0) is 0 Å². The second-order valence-corrected chi connectivity index (χ2v) is 2.37. The van der Waals surface area contributed by atoms with Gasteiger partial charge in [0.2, 0.25) is 0 Å². The van der Waals surface area contributed by atoms with Gasteiger partial charge in [-0.3, -0.25) is 0 Å². The number of hydrogen-bond donors (Lipinski definition) is 1. The van der Waals surface area contributed by atoms with Crippen molar-refractivity contribution in [2.24, 2.45) is 11.7 Å². The van der Waals surface area contributed by atoms with E-state index in [1.165, 1.54) is 5.57 Å². The maximum absolute atomic E-state index is 5.52. The van der Waals surface area contributed by atoms with Gasteiger partial charge >= 0.3 is 0 Å². The van der Waals surface area contributed by atoms with Crippen LogP contribution in [0.3, 0.4) is 0 Å². The maximum atomic E-state index is 5.52. The second kappa shape index (κ2) is 4.57. The van der Waals surface area contributed by atoms with Gasteiger partial charge in [0.15, 0.2) is 0 Å². The van der Waals surface area contributed by atoms with Gasteiger partial charge in [-0.05, 0) is 32.7 Å². The molecule has 0 aromatic rings. The van der Waals surface area contributed by atoms with Crippen LogP contribution in [0.15, 0.2) is 11.6 Å². The number of rotatable bonds is 3. The molecule has 0 bridgehead atoms. The van der Waals surface area contributed by atoms with Crippen LogP contribution < -0.4 is 5.73 Å². The first-order valence-corrected chi connectivity index (χ1v) is 3.59. The molecular weight excluding hydrogens is 110 g/mol. The minimum absolute atomic E-state index is 0.606. The fraction of sp³-hybridized carbons (Fsp3) is 0.750. The van der Waals surface area contributed by atoms with E-state index in [4.69, 9.17) is 5.73 Å². The third kappa shape index (κ3) is 2.66. The summed E-state index contributed by atoms with van der Waals surface area (Å²) in [5.74, 6) is 0.606. The van der Waals surface area contributed by atoms with Crippen molar-refractivity contribution < 1.29 is 0 Å². The van der Waals surface area contributed by atoms with Crippen LogP contribution >= 0.6 is 0 Å². The Kier molecular flexibility index (Phi) is 4.41. The maximum Gasteiger partial charge on any atom is -0.00117 e. The third-order valence-electron chi connectivity index (χ3n) is 1.88. The average Bonchev–Trinajstić information content (AvgIpc) is 1.90. The predicted molar refractivity (Wildman–Crippen MR) is 42.3 cm³/mol. The van der Waals surface area contributed by atoms with E-state index in [-0.39, 0.29) is 0 Å². The fourth-order valence-electron chi connectivity index (χ4n) is 0.910. The Hall–Kier alpha value is -0.300. The van der Waals surface area contributed by atoms with Crippen molar-refractivity contribution in [3.63, 3.8) is 0 Å². The summed E-state index contributed by atoms with van der Waals surface area (Å²) in [4.78, 5) is 0. The van der Waals surface area contributed by atoms with Gasteiger partial charge in [-0.2, -0.15) is 0 Å². The lowest BCUT2D eigenvalue weighted by Gasteiger charge is -2.11. The molecule has 0 saturated carbocycles. The molecule has 0 rings (SSSR count). The summed E-state index contributed by atoms with van der Waals surface area (Å²) in [7, 11) is 0. The van der Waals surface area contributed by atoms with Gasteiger partial charge in [0.1, 0.15) is 0 Å². The van der Waals surface area contributed by atoms with Gasteiger partial charge in [0, 0.05) is 0 Å². The van der Waals surface area contributed by atoms with Crippen LogP contribution in [0.4, 0.5) is 0 Å². The molecule has 0 amide bonds. The smallest absolute Gasteiger partial charge is 0.00117 e. The first-order chi connectivity index (χ1) is 4.26. The normalized spacial score (nSPS) is 15.8. The average molecular weight is 127 g/mol. The number of nitrogens with two attached hydrogens (primary N) is 1. The van der Waals surface area contributed by atoms with E-state index in [9.17, 15) is 0 Å². The van der Waals surface area contributed by atoms with Gasteiger partial charge in [-0.15, -0.1) is 0 Å². The van der Waals surface area contributed by atoms with E-state index < -0.39 is 0 Å². The summed E-state index contributed by atoms with van der Waals surface area (Å²) in [5, 5.41) is 0. The van der Waals surface area contributed by atoms with E-state index in [1.54, 1.807) is 0 Å². The lowest BCUT2D eigenvalue weighted by Crippen LogP contribution is -2.14. The Bertz CT molecular complexity index is 90.7. The molecule has 0 saturated heterocycles. The highest BCUT2D eigenvalue weighted by Gasteiger charge is 2.02. The summed E-state index contributed by atoms with van der Waals surface area (Å²) < 4.78 is 0. The van der Waals surface area contributed by atoms with E-state index in [1.807, 2.05) is 0 Å². The van der Waals surface area contributed by atoms with Gasteiger partial charge in [-0.1, -0.05) is 18.6 Å². The van der Waals surface area contributed by atoms with Gasteiger partial charge < -0.3 is 5.73 Å². The van der Waals surface area contributed by atoms with Crippen molar-refractivity contribution in [2.75, 3.05) is 6.54 Å². The van der Waals surface area contributed by atoms with Gasteiger partial charge in [0.05, 0.1) is 0 Å². The SMILES string of the molecule is CC=C(C)C(CC)CN. The predicted octanol–water partition coefficient (Wildman–Crippen LogP) is 1.94. The third-order valence-corrected chi connectivity index (χ3v) is 1.88. The molecule has 2 N–H and O–H groups in total. The molecule has 1 heteroatoms. The molecule has 0 aromatic heterocycles. The number of hydrogen-bond acceptors (Lipinski definition) is 1. The Morgan fingerprint density at radius 3 is 2.33 bits per heavy atom. The summed E-state index contributed by atoms with van der Waals surface area (Å²) in [6, 6.07) is 0. The summed E-state index contributed by atoms with van der Waals surface area (Å²) in [5.41, 5.74) is 6.94. The van der Waals surface area contributed by atoms with Crippen molar-refractivity contribution in [3.05, 3.63) is 11.6 Å². The van der Waals surface area contributed by atoms with Gasteiger partial charge in [0.25, 0.3) is 0 Å². The molecule has 0 aliphatic heterocycles. The second-order valence-electron chi connectivity index (χ2n) is 2.37. The van der Waals surface area contributed by atoms with E-state index in [2.05, 4.69) is 26.8 Å². The zero-order valence-electron chi connectivity index (χ0n) is 6.65. The molecule has 0 aliphatic carbocycles. The summed E-state index contributed by atoms with van der Waals surface area (Å²) in [6.45, 7) is 7.16. The summed E-state index contributed by atoms with van der Waals surface area (Å²) >= 11 is 0. The summed E-state index contributed by atoms with van der Waals surface area (Å²) in [6.07, 6.45) is 3.30. The molecule has 1 atom stereocenters. The van der Waals surface area contributed by atoms with Crippen molar-refractivity contribution in [1.29, 1.82) is 0 Å².